The lowest BCUT2D eigenvalue weighted by molar-refractivity contribution is -0.133. The van der Waals surface area contributed by atoms with Crippen LogP contribution < -0.4 is 24.3 Å². The molecule has 174 valence electrons. The predicted molar refractivity (Wildman–Crippen MR) is 122 cm³/mol. The van der Waals surface area contributed by atoms with Crippen LogP contribution >= 0.6 is 0 Å². The van der Waals surface area contributed by atoms with Crippen molar-refractivity contribution in [2.45, 2.75) is 19.9 Å². The number of amides is 2. The predicted octanol–water partition coefficient (Wildman–Crippen LogP) is 3.00. The van der Waals surface area contributed by atoms with Gasteiger partial charge in [0.25, 0.3) is 5.91 Å². The van der Waals surface area contributed by atoms with Gasteiger partial charge in [0.05, 0.1) is 27.9 Å². The first kappa shape index (κ1) is 24.8. The van der Waals surface area contributed by atoms with Crippen LogP contribution in [-0.4, -0.2) is 64.3 Å². The summed E-state index contributed by atoms with van der Waals surface area (Å²) < 4.78 is 21.3. The van der Waals surface area contributed by atoms with Gasteiger partial charge in [-0.05, 0) is 42.3 Å². The quantitative estimate of drug-likeness (QED) is 0.573. The number of methoxy groups -OCH3 is 3. The molecule has 2 amide bonds. The van der Waals surface area contributed by atoms with Gasteiger partial charge >= 0.3 is 0 Å². The summed E-state index contributed by atoms with van der Waals surface area (Å²) >= 11 is 0. The highest BCUT2D eigenvalue weighted by atomic mass is 16.5. The van der Waals surface area contributed by atoms with E-state index in [1.807, 2.05) is 26.0 Å². The van der Waals surface area contributed by atoms with Gasteiger partial charge in [0, 0.05) is 18.7 Å². The average molecular weight is 445 g/mol. The maximum atomic E-state index is 13.0. The van der Waals surface area contributed by atoms with Crippen molar-refractivity contribution in [3.05, 3.63) is 48.0 Å². The van der Waals surface area contributed by atoms with Crippen LogP contribution in [0.25, 0.3) is 0 Å². The van der Waals surface area contributed by atoms with Crippen LogP contribution in [0.2, 0.25) is 0 Å². The molecule has 2 aromatic carbocycles. The Hall–Kier alpha value is -3.42. The Morgan fingerprint density at radius 3 is 1.91 bits per heavy atom. The van der Waals surface area contributed by atoms with Gasteiger partial charge in [-0.25, -0.2) is 0 Å². The number of benzene rings is 2. The first-order chi connectivity index (χ1) is 15.3. The molecule has 0 radical (unpaired) electrons. The van der Waals surface area contributed by atoms with Gasteiger partial charge in [0.2, 0.25) is 5.91 Å². The van der Waals surface area contributed by atoms with Gasteiger partial charge in [-0.1, -0.05) is 13.8 Å². The van der Waals surface area contributed by atoms with Crippen molar-refractivity contribution >= 4 is 11.8 Å². The molecule has 0 saturated carbocycles. The molecule has 0 heterocycles. The highest BCUT2D eigenvalue weighted by Gasteiger charge is 2.27. The topological polar surface area (TPSA) is 86.3 Å². The number of hydrogen-bond acceptors (Lipinski definition) is 6. The molecule has 0 aliphatic heterocycles. The summed E-state index contributed by atoms with van der Waals surface area (Å²) in [4.78, 5) is 27.4. The summed E-state index contributed by atoms with van der Waals surface area (Å²) in [6.45, 7) is 4.46. The summed E-state index contributed by atoms with van der Waals surface area (Å²) in [5.41, 5.74) is 0.352. The van der Waals surface area contributed by atoms with E-state index in [0.29, 0.717) is 36.0 Å². The molecule has 8 heteroatoms. The largest absolute Gasteiger partial charge is 0.497 e. The Morgan fingerprint density at radius 2 is 1.41 bits per heavy atom. The Bertz CT molecular complexity index is 876. The van der Waals surface area contributed by atoms with E-state index in [-0.39, 0.29) is 17.7 Å². The highest BCUT2D eigenvalue weighted by molar-refractivity contribution is 5.98. The minimum Gasteiger partial charge on any atom is -0.497 e. The lowest BCUT2D eigenvalue weighted by Gasteiger charge is -2.27. The van der Waals surface area contributed by atoms with E-state index in [2.05, 4.69) is 5.32 Å². The van der Waals surface area contributed by atoms with Crippen molar-refractivity contribution in [3.63, 3.8) is 0 Å². The number of rotatable bonds is 11. The molecular formula is C24H32N2O6. The zero-order valence-electron chi connectivity index (χ0n) is 19.5. The molecule has 0 spiro atoms. The molecular weight excluding hydrogens is 412 g/mol. The molecule has 0 unspecified atom stereocenters. The van der Waals surface area contributed by atoms with Crippen molar-refractivity contribution in [1.82, 2.24) is 10.2 Å². The fourth-order valence-corrected chi connectivity index (χ4v) is 3.00. The lowest BCUT2D eigenvalue weighted by Crippen LogP contribution is -2.50. The highest BCUT2D eigenvalue weighted by Crippen LogP contribution is 2.23. The normalized spacial score (nSPS) is 11.5. The van der Waals surface area contributed by atoms with Crippen molar-refractivity contribution < 1.29 is 28.5 Å². The van der Waals surface area contributed by atoms with Gasteiger partial charge in [0.1, 0.15) is 35.6 Å². The van der Waals surface area contributed by atoms with Gasteiger partial charge in [0.15, 0.2) is 0 Å². The summed E-state index contributed by atoms with van der Waals surface area (Å²) in [6.07, 6.45) is 0. The molecule has 1 atom stereocenters. The molecule has 0 fully saturated rings. The van der Waals surface area contributed by atoms with Crippen LogP contribution in [0.4, 0.5) is 0 Å². The fraction of sp³-hybridized carbons (Fsp3) is 0.417. The second-order valence-corrected chi connectivity index (χ2v) is 7.58. The Balaban J connectivity index is 1.99. The zero-order chi connectivity index (χ0) is 23.7. The van der Waals surface area contributed by atoms with Crippen molar-refractivity contribution in [3.8, 4) is 23.0 Å². The van der Waals surface area contributed by atoms with Crippen molar-refractivity contribution in [2.24, 2.45) is 5.92 Å². The SMILES string of the molecule is COc1ccc(OCCN(C)C(=O)[C@@H](NC(=O)c2cc(OC)cc(OC)c2)C(C)C)cc1. The number of nitrogens with one attached hydrogen (secondary N) is 1. The molecule has 0 bridgehead atoms. The summed E-state index contributed by atoms with van der Waals surface area (Å²) in [5.74, 6) is 1.74. The smallest absolute Gasteiger partial charge is 0.252 e. The molecule has 2 rings (SSSR count). The molecule has 1 N–H and O–H groups in total. The van der Waals surface area contributed by atoms with E-state index in [0.717, 1.165) is 5.75 Å². The Morgan fingerprint density at radius 1 is 0.875 bits per heavy atom. The van der Waals surface area contributed by atoms with Crippen LogP contribution in [0.3, 0.4) is 0 Å². The zero-order valence-corrected chi connectivity index (χ0v) is 19.5. The van der Waals surface area contributed by atoms with Crippen LogP contribution in [-0.2, 0) is 4.79 Å². The standard InChI is InChI=1S/C24H32N2O6/c1-16(2)22(25-23(27)17-13-20(30-5)15-21(14-17)31-6)24(28)26(3)11-12-32-19-9-7-18(29-4)8-10-19/h7-10,13-16,22H,11-12H2,1-6H3,(H,25,27)/t22-/m0/s1. The first-order valence-corrected chi connectivity index (χ1v) is 10.3. The monoisotopic (exact) mass is 444 g/mol. The summed E-state index contributed by atoms with van der Waals surface area (Å²) in [7, 11) is 6.32. The van der Waals surface area contributed by atoms with Crippen LogP contribution in [0.1, 0.15) is 24.2 Å². The minimum atomic E-state index is -0.689. The second kappa shape index (κ2) is 11.8. The Kier molecular flexibility index (Phi) is 9.19. The summed E-state index contributed by atoms with van der Waals surface area (Å²) in [6, 6.07) is 11.4. The number of nitrogens with zero attached hydrogens (tertiary/aromatic N) is 1. The van der Waals surface area contributed by atoms with E-state index < -0.39 is 6.04 Å². The molecule has 2 aromatic rings. The number of ether oxygens (including phenoxy) is 4. The van der Waals surface area contributed by atoms with Gasteiger partial charge in [-0.3, -0.25) is 9.59 Å². The summed E-state index contributed by atoms with van der Waals surface area (Å²) in [5, 5.41) is 2.84. The molecule has 0 saturated heterocycles. The molecule has 0 aromatic heterocycles. The number of hydrogen-bond donors (Lipinski definition) is 1. The van der Waals surface area contributed by atoms with E-state index in [1.165, 1.54) is 14.2 Å². The van der Waals surface area contributed by atoms with E-state index in [4.69, 9.17) is 18.9 Å². The average Bonchev–Trinajstić information content (AvgIpc) is 2.81. The van der Waals surface area contributed by atoms with E-state index in [9.17, 15) is 9.59 Å². The van der Waals surface area contributed by atoms with Crippen LogP contribution in [0.5, 0.6) is 23.0 Å². The third kappa shape index (κ3) is 6.80. The van der Waals surface area contributed by atoms with Gasteiger partial charge < -0.3 is 29.2 Å². The molecule has 8 nitrogen and oxygen atoms in total. The van der Waals surface area contributed by atoms with Crippen molar-refractivity contribution in [2.75, 3.05) is 41.5 Å². The van der Waals surface area contributed by atoms with Crippen LogP contribution in [0, 0.1) is 5.92 Å². The maximum absolute atomic E-state index is 13.0. The van der Waals surface area contributed by atoms with Gasteiger partial charge in [-0.15, -0.1) is 0 Å². The second-order valence-electron chi connectivity index (χ2n) is 7.58. The third-order valence-corrected chi connectivity index (χ3v) is 4.96. The molecule has 0 aliphatic carbocycles. The fourth-order valence-electron chi connectivity index (χ4n) is 3.00. The maximum Gasteiger partial charge on any atom is 0.252 e. The Labute approximate surface area is 189 Å². The van der Waals surface area contributed by atoms with E-state index >= 15 is 0 Å². The first-order valence-electron chi connectivity index (χ1n) is 10.3. The number of likely N-dealkylation sites (N-methyl/N-ethyl adjacent to an activating group) is 1. The van der Waals surface area contributed by atoms with Crippen LogP contribution in [0.15, 0.2) is 42.5 Å². The number of carbonyl (C=O) groups excluding carboxylic acids is 2. The third-order valence-electron chi connectivity index (χ3n) is 4.96. The molecule has 32 heavy (non-hydrogen) atoms. The minimum absolute atomic E-state index is 0.107. The van der Waals surface area contributed by atoms with Crippen molar-refractivity contribution in [1.29, 1.82) is 0 Å². The lowest BCUT2D eigenvalue weighted by atomic mass is 10.0. The van der Waals surface area contributed by atoms with Gasteiger partial charge in [-0.2, -0.15) is 0 Å². The molecule has 0 aliphatic rings. The van der Waals surface area contributed by atoms with E-state index in [1.54, 1.807) is 49.4 Å². The number of carbonyl (C=O) groups is 2.